The maximum absolute atomic E-state index is 5.64. The van der Waals surface area contributed by atoms with E-state index in [2.05, 4.69) is 10.5 Å². The van der Waals surface area contributed by atoms with Gasteiger partial charge in [-0.3, -0.25) is 0 Å². The van der Waals surface area contributed by atoms with E-state index in [4.69, 9.17) is 7.85 Å². The van der Waals surface area contributed by atoms with Gasteiger partial charge in [0.2, 0.25) is 0 Å². The molecule has 0 saturated heterocycles. The van der Waals surface area contributed by atoms with Gasteiger partial charge in [0.25, 0.3) is 0 Å². The van der Waals surface area contributed by atoms with E-state index in [-0.39, 0.29) is 5.31 Å². The first kappa shape index (κ1) is 3.53. The van der Waals surface area contributed by atoms with Crippen molar-refractivity contribution in [3.05, 3.63) is 0 Å². The smallest absolute Gasteiger partial charge is 0.0854 e. The predicted octanol–water partition coefficient (Wildman–Crippen LogP) is -0.325. The summed E-state index contributed by atoms with van der Waals surface area (Å²) in [7, 11) is 5.64. The predicted molar refractivity (Wildman–Crippen MR) is 28.5 cm³/mol. The molecule has 1 N–H and O–H groups in total. The Balaban J connectivity index is 2.32. The lowest BCUT2D eigenvalue weighted by Gasteiger charge is -1.87. The molecule has 3 heteroatoms. The molecular weight excluding hydrogens is 86.9 g/mol. The van der Waals surface area contributed by atoms with Gasteiger partial charge in [-0.25, -0.2) is 0 Å². The SMILES string of the molecule is [B]C12C=NNC1C2. The molecule has 2 rings (SSSR count). The van der Waals surface area contributed by atoms with Gasteiger partial charge in [-0.1, -0.05) is 0 Å². The fraction of sp³-hybridized carbons (Fsp3) is 0.750. The molecule has 0 spiro atoms. The van der Waals surface area contributed by atoms with E-state index in [0.717, 1.165) is 6.42 Å². The maximum atomic E-state index is 5.64. The Hall–Kier alpha value is -0.465. The first-order valence-electron chi connectivity index (χ1n) is 2.40. The summed E-state index contributed by atoms with van der Waals surface area (Å²) in [6, 6.07) is 0.465. The normalized spacial score (nSPS) is 53.4. The maximum Gasteiger partial charge on any atom is 0.0854 e. The molecule has 1 heterocycles. The highest BCUT2D eigenvalue weighted by Gasteiger charge is 2.51. The van der Waals surface area contributed by atoms with E-state index in [0.29, 0.717) is 6.04 Å². The van der Waals surface area contributed by atoms with Crippen LogP contribution in [0.5, 0.6) is 0 Å². The van der Waals surface area contributed by atoms with Crippen LogP contribution >= 0.6 is 0 Å². The molecule has 0 amide bonds. The minimum absolute atomic E-state index is 0.0417. The van der Waals surface area contributed by atoms with Crippen LogP contribution in [0.2, 0.25) is 5.31 Å². The minimum atomic E-state index is -0.0417. The number of hydrogen-bond donors (Lipinski definition) is 1. The first-order valence-corrected chi connectivity index (χ1v) is 2.40. The zero-order valence-electron chi connectivity index (χ0n) is 3.89. The molecule has 7 heavy (non-hydrogen) atoms. The number of fused-ring (bicyclic) bond motifs is 1. The molecule has 2 radical (unpaired) electrons. The van der Waals surface area contributed by atoms with Gasteiger partial charge in [-0.05, 0) is 11.7 Å². The Bertz CT molecular complexity index is 134. The molecule has 0 aromatic heterocycles. The highest BCUT2D eigenvalue weighted by Crippen LogP contribution is 2.50. The van der Waals surface area contributed by atoms with Gasteiger partial charge < -0.3 is 5.43 Å². The third-order valence-corrected chi connectivity index (χ3v) is 1.58. The van der Waals surface area contributed by atoms with E-state index in [9.17, 15) is 0 Å². The molecule has 1 aliphatic carbocycles. The van der Waals surface area contributed by atoms with Gasteiger partial charge in [-0.15, -0.1) is 0 Å². The number of nitrogens with zero attached hydrogens (tertiary/aromatic N) is 1. The second kappa shape index (κ2) is 0.724. The largest absolute Gasteiger partial charge is 0.307 e. The Morgan fingerprint density at radius 1 is 2.00 bits per heavy atom. The van der Waals surface area contributed by atoms with Crippen LogP contribution in [0.15, 0.2) is 5.10 Å². The van der Waals surface area contributed by atoms with Gasteiger partial charge in [0.05, 0.1) is 7.85 Å². The lowest BCUT2D eigenvalue weighted by atomic mass is 9.84. The molecule has 2 unspecified atom stereocenters. The third-order valence-electron chi connectivity index (χ3n) is 1.58. The number of nitrogens with one attached hydrogen (secondary N) is 1. The lowest BCUT2D eigenvalue weighted by molar-refractivity contribution is 0.762. The quantitative estimate of drug-likeness (QED) is 0.406. The fourth-order valence-corrected chi connectivity index (χ4v) is 0.851. The average Bonchev–Trinajstić information content (AvgIpc) is 2.09. The van der Waals surface area contributed by atoms with Crippen LogP contribution in [-0.4, -0.2) is 20.1 Å². The number of rotatable bonds is 0. The van der Waals surface area contributed by atoms with Crippen molar-refractivity contribution in [2.75, 3.05) is 0 Å². The molecule has 0 bridgehead atoms. The molecule has 0 aromatic rings. The van der Waals surface area contributed by atoms with Crippen LogP contribution in [0.3, 0.4) is 0 Å². The highest BCUT2D eigenvalue weighted by atomic mass is 15.4. The standard InChI is InChI=1S/C4H5BN2/c5-4-1-3(4)7-6-2-4/h2-3,7H,1H2. The molecule has 0 aromatic carbocycles. The topological polar surface area (TPSA) is 24.4 Å². The van der Waals surface area contributed by atoms with E-state index in [1.807, 2.05) is 0 Å². The molecule has 2 aliphatic rings. The molecule has 1 aliphatic heterocycles. The number of hydrogen-bond acceptors (Lipinski definition) is 2. The van der Waals surface area contributed by atoms with E-state index >= 15 is 0 Å². The van der Waals surface area contributed by atoms with Crippen molar-refractivity contribution in [1.82, 2.24) is 5.43 Å². The van der Waals surface area contributed by atoms with Crippen molar-refractivity contribution >= 4 is 14.1 Å². The average molecular weight is 91.9 g/mol. The van der Waals surface area contributed by atoms with Crippen LogP contribution in [0, 0.1) is 0 Å². The fourth-order valence-electron chi connectivity index (χ4n) is 0.851. The van der Waals surface area contributed by atoms with E-state index in [1.165, 1.54) is 0 Å². The molecule has 2 nitrogen and oxygen atoms in total. The van der Waals surface area contributed by atoms with Gasteiger partial charge in [0.15, 0.2) is 0 Å². The summed E-state index contributed by atoms with van der Waals surface area (Å²) in [5, 5.41) is 3.74. The van der Waals surface area contributed by atoms with Gasteiger partial charge in [0, 0.05) is 12.3 Å². The van der Waals surface area contributed by atoms with Crippen LogP contribution in [-0.2, 0) is 0 Å². The van der Waals surface area contributed by atoms with Crippen LogP contribution in [0.25, 0.3) is 0 Å². The van der Waals surface area contributed by atoms with Crippen LogP contribution < -0.4 is 5.43 Å². The Kier molecular flexibility index (Phi) is 0.365. The molecule has 34 valence electrons. The van der Waals surface area contributed by atoms with Gasteiger partial charge in [0.1, 0.15) is 0 Å². The Morgan fingerprint density at radius 2 is 2.86 bits per heavy atom. The van der Waals surface area contributed by atoms with Crippen LogP contribution in [0.4, 0.5) is 0 Å². The summed E-state index contributed by atoms with van der Waals surface area (Å²) in [5.74, 6) is 0. The summed E-state index contributed by atoms with van der Waals surface area (Å²) in [6.45, 7) is 0. The third kappa shape index (κ3) is 0.287. The summed E-state index contributed by atoms with van der Waals surface area (Å²) in [5.41, 5.74) is 2.88. The highest BCUT2D eigenvalue weighted by molar-refractivity contribution is 6.29. The van der Waals surface area contributed by atoms with Crippen molar-refractivity contribution in [2.45, 2.75) is 17.8 Å². The zero-order chi connectivity index (χ0) is 4.91. The second-order valence-corrected chi connectivity index (χ2v) is 2.26. The van der Waals surface area contributed by atoms with Gasteiger partial charge >= 0.3 is 0 Å². The van der Waals surface area contributed by atoms with Crippen molar-refractivity contribution < 1.29 is 0 Å². The van der Waals surface area contributed by atoms with E-state index in [1.54, 1.807) is 6.21 Å². The van der Waals surface area contributed by atoms with Crippen molar-refractivity contribution in [1.29, 1.82) is 0 Å². The van der Waals surface area contributed by atoms with Crippen molar-refractivity contribution in [3.8, 4) is 0 Å². The van der Waals surface area contributed by atoms with Gasteiger partial charge in [-0.2, -0.15) is 5.10 Å². The molecular formula is C4H5BN2. The molecule has 1 saturated carbocycles. The monoisotopic (exact) mass is 92.1 g/mol. The summed E-state index contributed by atoms with van der Waals surface area (Å²) in [6.07, 6.45) is 2.86. The second-order valence-electron chi connectivity index (χ2n) is 2.26. The summed E-state index contributed by atoms with van der Waals surface area (Å²) < 4.78 is 0. The number of hydrazone groups is 1. The minimum Gasteiger partial charge on any atom is -0.307 e. The van der Waals surface area contributed by atoms with Crippen LogP contribution in [0.1, 0.15) is 6.42 Å². The molecule has 2 atom stereocenters. The zero-order valence-corrected chi connectivity index (χ0v) is 3.89. The Morgan fingerprint density at radius 3 is 3.00 bits per heavy atom. The Labute approximate surface area is 43.4 Å². The van der Waals surface area contributed by atoms with Crippen molar-refractivity contribution in [3.63, 3.8) is 0 Å². The molecule has 1 fully saturated rings. The lowest BCUT2D eigenvalue weighted by Crippen LogP contribution is -2.05. The first-order chi connectivity index (χ1) is 3.31. The summed E-state index contributed by atoms with van der Waals surface area (Å²) >= 11 is 0. The van der Waals surface area contributed by atoms with E-state index < -0.39 is 0 Å². The summed E-state index contributed by atoms with van der Waals surface area (Å²) in [4.78, 5) is 0. The van der Waals surface area contributed by atoms with Crippen molar-refractivity contribution in [2.24, 2.45) is 5.10 Å².